The summed E-state index contributed by atoms with van der Waals surface area (Å²) < 4.78 is 0. The number of urea groups is 1. The van der Waals surface area contributed by atoms with Crippen molar-refractivity contribution in [2.24, 2.45) is 0 Å². The second-order valence-electron chi connectivity index (χ2n) is 3.90. The molecule has 0 spiro atoms. The minimum atomic E-state index is -0.745. The number of hydrogen-bond acceptors (Lipinski definition) is 3. The van der Waals surface area contributed by atoms with E-state index in [2.05, 4.69) is 10.6 Å². The Morgan fingerprint density at radius 2 is 2.31 bits per heavy atom. The number of carbonyl (C=O) groups excluding carboxylic acids is 1. The molecule has 6 heteroatoms. The van der Waals surface area contributed by atoms with Gasteiger partial charge in [0.2, 0.25) is 0 Å². The monoisotopic (exact) mass is 242 g/mol. The SMILES string of the molecule is O=C(O)CCCCC1=C2NC(=O)NC2CS1. The van der Waals surface area contributed by atoms with Crippen LogP contribution >= 0.6 is 11.8 Å². The molecule has 0 saturated carbocycles. The molecule has 1 unspecified atom stereocenters. The third-order valence-corrected chi connectivity index (χ3v) is 3.94. The van der Waals surface area contributed by atoms with Gasteiger partial charge in [0.05, 0.1) is 11.7 Å². The van der Waals surface area contributed by atoms with Gasteiger partial charge in [0.1, 0.15) is 0 Å². The molecule has 88 valence electrons. The van der Waals surface area contributed by atoms with Crippen LogP contribution in [0.3, 0.4) is 0 Å². The summed E-state index contributed by atoms with van der Waals surface area (Å²) >= 11 is 1.75. The molecule has 0 bridgehead atoms. The number of fused-ring (bicyclic) bond motifs is 1. The van der Waals surface area contributed by atoms with Crippen molar-refractivity contribution >= 4 is 23.8 Å². The standard InChI is InChI=1S/C10H14N2O3S/c13-8(14)4-2-1-3-7-9-6(5-16-7)11-10(15)12-9/h6H,1-5H2,(H,13,14)(H2,11,12,15). The van der Waals surface area contributed by atoms with Crippen LogP contribution in [0, 0.1) is 0 Å². The van der Waals surface area contributed by atoms with Crippen LogP contribution in [0.2, 0.25) is 0 Å². The van der Waals surface area contributed by atoms with Crippen molar-refractivity contribution in [2.75, 3.05) is 5.75 Å². The number of thioether (sulfide) groups is 1. The quantitative estimate of drug-likeness (QED) is 0.634. The van der Waals surface area contributed by atoms with Crippen molar-refractivity contribution in [3.63, 3.8) is 0 Å². The van der Waals surface area contributed by atoms with Gasteiger partial charge in [0.15, 0.2) is 0 Å². The smallest absolute Gasteiger partial charge is 0.319 e. The minimum absolute atomic E-state index is 0.122. The molecule has 2 aliphatic rings. The molecule has 1 saturated heterocycles. The summed E-state index contributed by atoms with van der Waals surface area (Å²) in [6, 6.07) is 0.0234. The predicted octanol–water partition coefficient (Wildman–Crippen LogP) is 1.27. The molecule has 2 aliphatic heterocycles. The fourth-order valence-electron chi connectivity index (χ4n) is 1.90. The molecular weight excluding hydrogens is 228 g/mol. The predicted molar refractivity (Wildman–Crippen MR) is 61.0 cm³/mol. The van der Waals surface area contributed by atoms with Crippen molar-refractivity contribution in [1.29, 1.82) is 0 Å². The molecule has 0 aromatic heterocycles. The fraction of sp³-hybridized carbons (Fsp3) is 0.600. The van der Waals surface area contributed by atoms with Crippen molar-refractivity contribution in [1.82, 2.24) is 10.6 Å². The van der Waals surface area contributed by atoms with E-state index < -0.39 is 5.97 Å². The highest BCUT2D eigenvalue weighted by Crippen LogP contribution is 2.35. The van der Waals surface area contributed by atoms with Crippen LogP contribution in [-0.2, 0) is 4.79 Å². The number of carboxylic acid groups (broad SMARTS) is 1. The maximum atomic E-state index is 11.1. The van der Waals surface area contributed by atoms with E-state index >= 15 is 0 Å². The van der Waals surface area contributed by atoms with E-state index in [-0.39, 0.29) is 18.5 Å². The maximum Gasteiger partial charge on any atom is 0.319 e. The van der Waals surface area contributed by atoms with E-state index in [0.717, 1.165) is 24.3 Å². The zero-order valence-electron chi connectivity index (χ0n) is 8.78. The first-order valence-electron chi connectivity index (χ1n) is 5.32. The molecule has 0 aromatic rings. The number of unbranched alkanes of at least 4 members (excludes halogenated alkanes) is 1. The lowest BCUT2D eigenvalue weighted by Crippen LogP contribution is -2.27. The van der Waals surface area contributed by atoms with Crippen LogP contribution < -0.4 is 10.6 Å². The molecule has 2 amide bonds. The zero-order valence-corrected chi connectivity index (χ0v) is 9.60. The Kier molecular flexibility index (Phi) is 3.38. The molecule has 1 fully saturated rings. The molecule has 2 rings (SSSR count). The molecule has 3 N–H and O–H groups in total. The number of rotatable bonds is 5. The van der Waals surface area contributed by atoms with E-state index in [1.807, 2.05) is 0 Å². The number of carboxylic acids is 1. The molecule has 2 heterocycles. The van der Waals surface area contributed by atoms with Crippen LogP contribution in [0.5, 0.6) is 0 Å². The number of aliphatic carboxylic acids is 1. The van der Waals surface area contributed by atoms with E-state index in [0.29, 0.717) is 6.42 Å². The Hall–Kier alpha value is -1.17. The summed E-state index contributed by atoms with van der Waals surface area (Å²) in [5.74, 6) is 0.146. The van der Waals surface area contributed by atoms with Crippen LogP contribution in [0.1, 0.15) is 25.7 Å². The van der Waals surface area contributed by atoms with E-state index in [1.165, 1.54) is 4.91 Å². The van der Waals surface area contributed by atoms with Gasteiger partial charge in [-0.2, -0.15) is 0 Å². The van der Waals surface area contributed by atoms with Gasteiger partial charge >= 0.3 is 12.0 Å². The highest BCUT2D eigenvalue weighted by Gasteiger charge is 2.33. The second-order valence-corrected chi connectivity index (χ2v) is 5.01. The van der Waals surface area contributed by atoms with Crippen LogP contribution in [-0.4, -0.2) is 28.9 Å². The second kappa shape index (κ2) is 4.78. The number of nitrogens with one attached hydrogen (secondary N) is 2. The first-order valence-corrected chi connectivity index (χ1v) is 6.30. The first kappa shape index (κ1) is 11.3. The van der Waals surface area contributed by atoms with Gasteiger partial charge in [-0.3, -0.25) is 4.79 Å². The van der Waals surface area contributed by atoms with Gasteiger partial charge in [0, 0.05) is 17.1 Å². The lowest BCUT2D eigenvalue weighted by molar-refractivity contribution is -0.137. The normalized spacial score (nSPS) is 23.0. The summed E-state index contributed by atoms with van der Waals surface area (Å²) in [5, 5.41) is 14.1. The summed E-state index contributed by atoms with van der Waals surface area (Å²) in [5.41, 5.74) is 1.00. The maximum absolute atomic E-state index is 11.1. The number of hydrogen-bond donors (Lipinski definition) is 3. The van der Waals surface area contributed by atoms with Gasteiger partial charge in [0.25, 0.3) is 0 Å². The number of carbonyl (C=O) groups is 2. The highest BCUT2D eigenvalue weighted by molar-refractivity contribution is 8.03. The molecule has 0 aromatic carbocycles. The zero-order chi connectivity index (χ0) is 11.5. The molecule has 1 atom stereocenters. The minimum Gasteiger partial charge on any atom is -0.481 e. The lowest BCUT2D eigenvalue weighted by atomic mass is 10.1. The average Bonchev–Trinajstić information content (AvgIpc) is 2.72. The summed E-state index contributed by atoms with van der Waals surface area (Å²) in [4.78, 5) is 22.6. The fourth-order valence-corrected chi connectivity index (χ4v) is 3.15. The van der Waals surface area contributed by atoms with Crippen molar-refractivity contribution in [2.45, 2.75) is 31.7 Å². The Morgan fingerprint density at radius 3 is 3.06 bits per heavy atom. The van der Waals surface area contributed by atoms with Gasteiger partial charge in [-0.05, 0) is 19.3 Å². The molecule has 16 heavy (non-hydrogen) atoms. The number of amides is 2. The van der Waals surface area contributed by atoms with Gasteiger partial charge < -0.3 is 15.7 Å². The van der Waals surface area contributed by atoms with Crippen molar-refractivity contribution < 1.29 is 14.7 Å². The Labute approximate surface area is 97.7 Å². The Morgan fingerprint density at radius 1 is 1.50 bits per heavy atom. The topological polar surface area (TPSA) is 78.4 Å². The van der Waals surface area contributed by atoms with Crippen LogP contribution in [0.4, 0.5) is 4.79 Å². The van der Waals surface area contributed by atoms with Gasteiger partial charge in [-0.1, -0.05) is 0 Å². The van der Waals surface area contributed by atoms with Crippen LogP contribution in [0.15, 0.2) is 10.6 Å². The Balaban J connectivity index is 1.81. The average molecular weight is 242 g/mol. The summed E-state index contributed by atoms with van der Waals surface area (Å²) in [6.45, 7) is 0. The van der Waals surface area contributed by atoms with E-state index in [4.69, 9.17) is 5.11 Å². The van der Waals surface area contributed by atoms with Gasteiger partial charge in [-0.25, -0.2) is 4.79 Å². The van der Waals surface area contributed by atoms with E-state index in [1.54, 1.807) is 11.8 Å². The third kappa shape index (κ3) is 2.49. The van der Waals surface area contributed by atoms with Crippen molar-refractivity contribution in [3.8, 4) is 0 Å². The molecule has 5 nitrogen and oxygen atoms in total. The largest absolute Gasteiger partial charge is 0.481 e. The molecular formula is C10H14N2O3S. The highest BCUT2D eigenvalue weighted by atomic mass is 32.2. The van der Waals surface area contributed by atoms with Gasteiger partial charge in [-0.15, -0.1) is 11.8 Å². The Bertz CT molecular complexity index is 354. The van der Waals surface area contributed by atoms with Crippen LogP contribution in [0.25, 0.3) is 0 Å². The molecule has 0 aliphatic carbocycles. The first-order chi connectivity index (χ1) is 7.66. The van der Waals surface area contributed by atoms with Crippen molar-refractivity contribution in [3.05, 3.63) is 10.6 Å². The summed E-state index contributed by atoms with van der Waals surface area (Å²) in [7, 11) is 0. The van der Waals surface area contributed by atoms with E-state index in [9.17, 15) is 9.59 Å². The lowest BCUT2D eigenvalue weighted by Gasteiger charge is -2.03. The summed E-state index contributed by atoms with van der Waals surface area (Å²) in [6.07, 6.45) is 2.65. The third-order valence-electron chi connectivity index (χ3n) is 2.67. The number of allylic oxidation sites excluding steroid dienone is 1. The molecule has 0 radical (unpaired) electrons.